The number of aromatic nitrogens is 2. The molecule has 2 heterocycles. The van der Waals surface area contributed by atoms with Crippen LogP contribution < -0.4 is 15.5 Å². The Morgan fingerprint density at radius 1 is 1.13 bits per heavy atom. The van der Waals surface area contributed by atoms with Gasteiger partial charge >= 0.3 is 0 Å². The average molecular weight is 376 g/mol. The van der Waals surface area contributed by atoms with Crippen LogP contribution in [0.15, 0.2) is 41.1 Å². The average Bonchev–Trinajstić information content (AvgIpc) is 2.72. The molecule has 1 aliphatic heterocycles. The van der Waals surface area contributed by atoms with Crippen LogP contribution in [0.1, 0.15) is 13.8 Å². The summed E-state index contributed by atoms with van der Waals surface area (Å²) in [5, 5.41) is 6.79. The minimum absolute atomic E-state index is 0.508. The lowest BCUT2D eigenvalue weighted by Gasteiger charge is -2.26. The number of hydrogen-bond donors (Lipinski definition) is 2. The van der Waals surface area contributed by atoms with Crippen LogP contribution in [0.3, 0.4) is 0 Å². The van der Waals surface area contributed by atoms with Gasteiger partial charge in [-0.15, -0.1) is 0 Å². The summed E-state index contributed by atoms with van der Waals surface area (Å²) in [7, 11) is 0. The summed E-state index contributed by atoms with van der Waals surface area (Å²) in [6.07, 6.45) is 3.47. The van der Waals surface area contributed by atoms with Gasteiger partial charge in [0.1, 0.15) is 0 Å². The fourth-order valence-electron chi connectivity index (χ4n) is 2.79. The molecule has 1 fully saturated rings. The van der Waals surface area contributed by atoms with Crippen LogP contribution in [-0.4, -0.2) is 35.6 Å². The Labute approximate surface area is 145 Å². The second-order valence-corrected chi connectivity index (χ2v) is 7.13. The normalized spacial score (nSPS) is 21.8. The van der Waals surface area contributed by atoms with Crippen molar-refractivity contribution >= 4 is 33.3 Å². The van der Waals surface area contributed by atoms with E-state index in [0.29, 0.717) is 17.9 Å². The van der Waals surface area contributed by atoms with Crippen molar-refractivity contribution < 1.29 is 0 Å². The Kier molecular flexibility index (Phi) is 5.13. The summed E-state index contributed by atoms with van der Waals surface area (Å²) in [5.74, 6) is 1.25. The third kappa shape index (κ3) is 4.42. The Bertz CT molecular complexity index is 616. The molecule has 1 aromatic carbocycles. The molecule has 0 amide bonds. The van der Waals surface area contributed by atoms with Gasteiger partial charge < -0.3 is 15.5 Å². The largest absolute Gasteiger partial charge is 0.370 e. The first-order valence-electron chi connectivity index (χ1n) is 7.93. The fraction of sp³-hybridized carbons (Fsp3) is 0.412. The van der Waals surface area contributed by atoms with Gasteiger partial charge in [0, 0.05) is 42.9 Å². The lowest BCUT2D eigenvalue weighted by atomic mass is 10.1. The van der Waals surface area contributed by atoms with E-state index in [1.54, 1.807) is 12.4 Å². The third-order valence-corrected chi connectivity index (χ3v) is 4.36. The zero-order valence-electron chi connectivity index (χ0n) is 13.5. The van der Waals surface area contributed by atoms with Gasteiger partial charge in [-0.1, -0.05) is 6.92 Å². The summed E-state index contributed by atoms with van der Waals surface area (Å²) in [6, 6.07) is 8.98. The van der Waals surface area contributed by atoms with Crippen molar-refractivity contribution in [3.8, 4) is 0 Å². The highest BCUT2D eigenvalue weighted by Crippen LogP contribution is 2.22. The number of halogens is 1. The molecule has 2 atom stereocenters. The van der Waals surface area contributed by atoms with Crippen LogP contribution in [0, 0.1) is 5.92 Å². The summed E-state index contributed by atoms with van der Waals surface area (Å²) in [6.45, 7) is 7.73. The Morgan fingerprint density at radius 2 is 1.83 bits per heavy atom. The predicted molar refractivity (Wildman–Crippen MR) is 98.3 cm³/mol. The Morgan fingerprint density at radius 3 is 2.52 bits per heavy atom. The van der Waals surface area contributed by atoms with E-state index in [-0.39, 0.29) is 0 Å². The molecule has 6 heteroatoms. The topological polar surface area (TPSA) is 53.1 Å². The first-order valence-corrected chi connectivity index (χ1v) is 8.72. The number of anilines is 3. The minimum atomic E-state index is 0.508. The van der Waals surface area contributed by atoms with Gasteiger partial charge in [0.2, 0.25) is 5.95 Å². The molecule has 2 aromatic rings. The van der Waals surface area contributed by atoms with Gasteiger partial charge in [-0.25, -0.2) is 9.97 Å². The SMILES string of the molecule is CC1CN[C@H](C)CN(c2ccc(Nc3ncc(Br)cn3)cc2)C1. The lowest BCUT2D eigenvalue weighted by molar-refractivity contribution is 0.525. The zero-order chi connectivity index (χ0) is 16.2. The van der Waals surface area contributed by atoms with E-state index < -0.39 is 0 Å². The standard InChI is InChI=1S/C17H22BrN5/c1-12-7-19-13(2)11-23(10-12)16-5-3-15(4-6-16)22-17-20-8-14(18)9-21-17/h3-6,8-9,12-13,19H,7,10-11H2,1-2H3,(H,20,21,22)/t12?,13-/m1/s1. The van der Waals surface area contributed by atoms with E-state index in [4.69, 9.17) is 0 Å². The molecule has 1 aliphatic rings. The lowest BCUT2D eigenvalue weighted by Crippen LogP contribution is -2.35. The molecule has 1 unspecified atom stereocenters. The first kappa shape index (κ1) is 16.2. The minimum Gasteiger partial charge on any atom is -0.370 e. The van der Waals surface area contributed by atoms with Gasteiger partial charge in [0.25, 0.3) is 0 Å². The predicted octanol–water partition coefficient (Wildman–Crippen LogP) is 3.42. The van der Waals surface area contributed by atoms with E-state index in [1.165, 1.54) is 5.69 Å². The van der Waals surface area contributed by atoms with E-state index in [1.807, 2.05) is 0 Å². The maximum absolute atomic E-state index is 4.23. The highest BCUT2D eigenvalue weighted by molar-refractivity contribution is 9.10. The van der Waals surface area contributed by atoms with Crippen molar-refractivity contribution in [1.82, 2.24) is 15.3 Å². The van der Waals surface area contributed by atoms with Crippen LogP contribution in [0.4, 0.5) is 17.3 Å². The molecule has 0 bridgehead atoms. The second kappa shape index (κ2) is 7.27. The number of nitrogens with zero attached hydrogens (tertiary/aromatic N) is 3. The maximum Gasteiger partial charge on any atom is 0.227 e. The zero-order valence-corrected chi connectivity index (χ0v) is 15.0. The van der Waals surface area contributed by atoms with Crippen LogP contribution in [0.2, 0.25) is 0 Å². The number of nitrogens with one attached hydrogen (secondary N) is 2. The third-order valence-electron chi connectivity index (χ3n) is 3.95. The van der Waals surface area contributed by atoms with Crippen LogP contribution >= 0.6 is 15.9 Å². The van der Waals surface area contributed by atoms with E-state index in [2.05, 4.69) is 79.5 Å². The summed E-state index contributed by atoms with van der Waals surface area (Å²) in [5.41, 5.74) is 2.25. The molecule has 1 saturated heterocycles. The second-order valence-electron chi connectivity index (χ2n) is 6.22. The summed E-state index contributed by atoms with van der Waals surface area (Å²) >= 11 is 3.34. The van der Waals surface area contributed by atoms with E-state index in [0.717, 1.165) is 29.8 Å². The first-order chi connectivity index (χ1) is 11.1. The monoisotopic (exact) mass is 375 g/mol. The van der Waals surface area contributed by atoms with Gasteiger partial charge in [-0.05, 0) is 59.6 Å². The molecular weight excluding hydrogens is 354 g/mol. The highest BCUT2D eigenvalue weighted by atomic mass is 79.9. The smallest absolute Gasteiger partial charge is 0.227 e. The van der Waals surface area contributed by atoms with E-state index >= 15 is 0 Å². The van der Waals surface area contributed by atoms with Crippen molar-refractivity contribution in [2.45, 2.75) is 19.9 Å². The van der Waals surface area contributed by atoms with Crippen molar-refractivity contribution in [3.05, 3.63) is 41.1 Å². The van der Waals surface area contributed by atoms with Gasteiger partial charge in [0.05, 0.1) is 4.47 Å². The summed E-state index contributed by atoms with van der Waals surface area (Å²) in [4.78, 5) is 10.9. The van der Waals surface area contributed by atoms with Crippen molar-refractivity contribution in [1.29, 1.82) is 0 Å². The van der Waals surface area contributed by atoms with Crippen LogP contribution in [-0.2, 0) is 0 Å². The molecule has 23 heavy (non-hydrogen) atoms. The van der Waals surface area contributed by atoms with Crippen molar-refractivity contribution in [2.24, 2.45) is 5.92 Å². The van der Waals surface area contributed by atoms with Crippen molar-refractivity contribution in [3.63, 3.8) is 0 Å². The number of rotatable bonds is 3. The van der Waals surface area contributed by atoms with E-state index in [9.17, 15) is 0 Å². The molecule has 122 valence electrons. The number of benzene rings is 1. The van der Waals surface area contributed by atoms with Gasteiger partial charge in [-0.2, -0.15) is 0 Å². The quantitative estimate of drug-likeness (QED) is 0.860. The van der Waals surface area contributed by atoms with Gasteiger partial charge in [-0.3, -0.25) is 0 Å². The molecule has 5 nitrogen and oxygen atoms in total. The molecule has 2 N–H and O–H groups in total. The Balaban J connectivity index is 1.69. The Hall–Kier alpha value is -1.66. The summed E-state index contributed by atoms with van der Waals surface area (Å²) < 4.78 is 0.872. The molecular formula is C17H22BrN5. The van der Waals surface area contributed by atoms with Crippen molar-refractivity contribution in [2.75, 3.05) is 29.9 Å². The molecule has 0 spiro atoms. The molecule has 0 radical (unpaired) electrons. The number of hydrogen-bond acceptors (Lipinski definition) is 5. The molecule has 0 saturated carbocycles. The molecule has 0 aliphatic carbocycles. The molecule has 3 rings (SSSR count). The highest BCUT2D eigenvalue weighted by Gasteiger charge is 2.18. The van der Waals surface area contributed by atoms with Gasteiger partial charge in [0.15, 0.2) is 0 Å². The van der Waals surface area contributed by atoms with Crippen LogP contribution in [0.5, 0.6) is 0 Å². The fourth-order valence-corrected chi connectivity index (χ4v) is 2.99. The maximum atomic E-state index is 4.23. The van der Waals surface area contributed by atoms with Crippen LogP contribution in [0.25, 0.3) is 0 Å². The molecule has 1 aromatic heterocycles.